The Bertz CT molecular complexity index is 635. The molecule has 170 valence electrons. The van der Waals surface area contributed by atoms with Gasteiger partial charge in [-0.2, -0.15) is 0 Å². The smallest absolute Gasteiger partial charge is 0.147 e. The molecule has 1 rings (SSSR count). The van der Waals surface area contributed by atoms with Crippen molar-refractivity contribution in [3.63, 3.8) is 0 Å². The minimum atomic E-state index is -2.94. The molecule has 0 amide bonds. The average molecular weight is 495 g/mol. The van der Waals surface area contributed by atoms with Crippen LogP contribution >= 0.6 is 15.9 Å². The number of allylic oxidation sites excluding steroid dienone is 1. The Kier molecular flexibility index (Phi) is 12.1. The molecule has 0 aromatic carbocycles. The molecule has 3 nitrogen and oxygen atoms in total. The zero-order chi connectivity index (χ0) is 22.0. The molecule has 0 aromatic heterocycles. The van der Waals surface area contributed by atoms with Gasteiger partial charge in [0.1, 0.15) is 9.84 Å². The highest BCUT2D eigenvalue weighted by Crippen LogP contribution is 2.42. The molecule has 29 heavy (non-hydrogen) atoms. The number of nitrogens with zero attached hydrogens (tertiary/aromatic N) is 1. The van der Waals surface area contributed by atoms with Crippen LogP contribution < -0.4 is 0 Å². The first-order valence-corrected chi connectivity index (χ1v) is 14.3. The fourth-order valence-corrected chi connectivity index (χ4v) is 6.01. The largest absolute Gasteiger partial charge is 0.368 e. The normalized spacial score (nSPS) is 20.8. The van der Waals surface area contributed by atoms with E-state index in [1.165, 1.54) is 17.5 Å². The summed E-state index contributed by atoms with van der Waals surface area (Å²) < 4.78 is 36.3. The number of hydrogen-bond acceptors (Lipinski definition) is 3. The predicted octanol–water partition coefficient (Wildman–Crippen LogP) is 6.30. The highest BCUT2D eigenvalue weighted by molar-refractivity contribution is 9.09. The molecule has 0 aliphatic carbocycles. The maximum Gasteiger partial charge on any atom is 0.147 e. The van der Waals surface area contributed by atoms with Gasteiger partial charge in [0.25, 0.3) is 0 Å². The molecule has 1 aliphatic heterocycles. The Morgan fingerprint density at radius 3 is 2.55 bits per heavy atom. The SMILES string of the molecule is C=CCC(CCCF)N1C(C)=C(CCBr)CC1[C@H](CCCS(C)(=O)=O)[C@@H](C)CC. The summed E-state index contributed by atoms with van der Waals surface area (Å²) in [4.78, 5) is 2.56. The van der Waals surface area contributed by atoms with E-state index in [-0.39, 0.29) is 18.5 Å². The fraction of sp³-hybridized carbons (Fsp3) is 0.826. The highest BCUT2D eigenvalue weighted by atomic mass is 79.9. The van der Waals surface area contributed by atoms with Gasteiger partial charge in [0.05, 0.1) is 6.67 Å². The molecule has 4 atom stereocenters. The minimum absolute atomic E-state index is 0.255. The third-order valence-electron chi connectivity index (χ3n) is 6.53. The van der Waals surface area contributed by atoms with Crippen LogP contribution in [0.25, 0.3) is 0 Å². The van der Waals surface area contributed by atoms with E-state index in [4.69, 9.17) is 0 Å². The van der Waals surface area contributed by atoms with Gasteiger partial charge < -0.3 is 4.90 Å². The maximum atomic E-state index is 13.0. The Balaban J connectivity index is 3.18. The van der Waals surface area contributed by atoms with Gasteiger partial charge in [0.2, 0.25) is 0 Å². The second-order valence-corrected chi connectivity index (χ2v) is 11.7. The summed E-state index contributed by atoms with van der Waals surface area (Å²) in [6.07, 6.45) is 10.3. The van der Waals surface area contributed by atoms with Gasteiger partial charge in [-0.05, 0) is 69.3 Å². The molecule has 6 heteroatoms. The van der Waals surface area contributed by atoms with Gasteiger partial charge in [-0.1, -0.05) is 42.3 Å². The molecule has 1 heterocycles. The molecule has 0 aromatic rings. The maximum absolute atomic E-state index is 13.0. The average Bonchev–Trinajstić information content (AvgIpc) is 2.97. The summed E-state index contributed by atoms with van der Waals surface area (Å²) in [6, 6.07) is 0.630. The number of alkyl halides is 2. The van der Waals surface area contributed by atoms with Crippen LogP contribution in [-0.4, -0.2) is 49.4 Å². The number of hydrogen-bond donors (Lipinski definition) is 0. The standard InChI is InChI=1S/C23H41BrFNO2S/c1-6-10-21(11-8-15-25)26-19(4)20(13-14-24)17-23(26)22(18(3)7-2)12-9-16-29(5,27)28/h6,18,21-23H,1,7-17H2,2-5H3/t18-,21?,22+,23?/m0/s1. The lowest BCUT2D eigenvalue weighted by atomic mass is 9.79. The molecule has 1 aliphatic rings. The minimum Gasteiger partial charge on any atom is -0.368 e. The van der Waals surface area contributed by atoms with Crippen LogP contribution in [0.2, 0.25) is 0 Å². The molecule has 0 bridgehead atoms. The molecular weight excluding hydrogens is 453 g/mol. The molecule has 0 saturated carbocycles. The third kappa shape index (κ3) is 8.35. The molecule has 0 spiro atoms. The first-order chi connectivity index (χ1) is 13.7. The second kappa shape index (κ2) is 13.1. The Morgan fingerprint density at radius 1 is 1.34 bits per heavy atom. The van der Waals surface area contributed by atoms with E-state index >= 15 is 0 Å². The van der Waals surface area contributed by atoms with Crippen molar-refractivity contribution in [2.75, 3.05) is 24.0 Å². The van der Waals surface area contributed by atoms with E-state index in [0.29, 0.717) is 30.7 Å². The van der Waals surface area contributed by atoms with Gasteiger partial charge in [-0.25, -0.2) is 8.42 Å². The van der Waals surface area contributed by atoms with Crippen LogP contribution in [-0.2, 0) is 9.84 Å². The van der Waals surface area contributed by atoms with Crippen LogP contribution in [0.5, 0.6) is 0 Å². The summed E-state index contributed by atoms with van der Waals surface area (Å²) >= 11 is 3.59. The first-order valence-electron chi connectivity index (χ1n) is 11.1. The zero-order valence-corrected chi connectivity index (χ0v) is 21.2. The molecule has 2 unspecified atom stereocenters. The van der Waals surface area contributed by atoms with Crippen molar-refractivity contribution >= 4 is 25.8 Å². The Morgan fingerprint density at radius 2 is 2.03 bits per heavy atom. The lowest BCUT2D eigenvalue weighted by Crippen LogP contribution is -2.44. The molecule has 0 saturated heterocycles. The van der Waals surface area contributed by atoms with Gasteiger partial charge in [-0.3, -0.25) is 4.39 Å². The van der Waals surface area contributed by atoms with Crippen LogP contribution in [0.3, 0.4) is 0 Å². The summed E-state index contributed by atoms with van der Waals surface area (Å²) in [6.45, 7) is 10.4. The Labute approximate surface area is 187 Å². The number of halogens is 2. The molecule has 0 N–H and O–H groups in total. The lowest BCUT2D eigenvalue weighted by Gasteiger charge is -2.42. The fourth-order valence-electron chi connectivity index (χ4n) is 4.84. The summed E-state index contributed by atoms with van der Waals surface area (Å²) in [5, 5.41) is 0.943. The third-order valence-corrected chi connectivity index (χ3v) is 7.96. The monoisotopic (exact) mass is 493 g/mol. The number of sulfone groups is 1. The van der Waals surface area contributed by atoms with E-state index in [1.54, 1.807) is 0 Å². The molecule has 0 radical (unpaired) electrons. The first kappa shape index (κ1) is 26.7. The van der Waals surface area contributed by atoms with Crippen molar-refractivity contribution in [3.05, 3.63) is 23.9 Å². The van der Waals surface area contributed by atoms with Gasteiger partial charge in [0, 0.05) is 35.1 Å². The van der Waals surface area contributed by atoms with Crippen LogP contribution in [0.1, 0.15) is 72.1 Å². The topological polar surface area (TPSA) is 37.4 Å². The van der Waals surface area contributed by atoms with Crippen molar-refractivity contribution in [1.82, 2.24) is 4.90 Å². The number of rotatable bonds is 15. The predicted molar refractivity (Wildman–Crippen MR) is 127 cm³/mol. The second-order valence-electron chi connectivity index (χ2n) is 8.64. The highest BCUT2D eigenvalue weighted by Gasteiger charge is 2.39. The van der Waals surface area contributed by atoms with E-state index in [9.17, 15) is 12.8 Å². The lowest BCUT2D eigenvalue weighted by molar-refractivity contribution is 0.106. The molecule has 0 fully saturated rings. The van der Waals surface area contributed by atoms with Gasteiger partial charge in [0.15, 0.2) is 0 Å². The quantitative estimate of drug-likeness (QED) is 0.198. The summed E-state index contributed by atoms with van der Waals surface area (Å²) in [5.74, 6) is 1.21. The van der Waals surface area contributed by atoms with Crippen LogP contribution in [0.4, 0.5) is 4.39 Å². The van der Waals surface area contributed by atoms with Crippen molar-refractivity contribution in [2.45, 2.75) is 84.2 Å². The van der Waals surface area contributed by atoms with Crippen LogP contribution in [0, 0.1) is 11.8 Å². The van der Waals surface area contributed by atoms with E-state index in [0.717, 1.165) is 43.9 Å². The van der Waals surface area contributed by atoms with Crippen LogP contribution in [0.15, 0.2) is 23.9 Å². The van der Waals surface area contributed by atoms with E-state index in [1.807, 2.05) is 6.08 Å². The van der Waals surface area contributed by atoms with E-state index < -0.39 is 9.84 Å². The summed E-state index contributed by atoms with van der Waals surface area (Å²) in [5.41, 5.74) is 2.83. The molecular formula is C23H41BrFNO2S. The van der Waals surface area contributed by atoms with Crippen molar-refractivity contribution in [3.8, 4) is 0 Å². The van der Waals surface area contributed by atoms with Gasteiger partial charge in [-0.15, -0.1) is 6.58 Å². The van der Waals surface area contributed by atoms with Crippen molar-refractivity contribution in [1.29, 1.82) is 0 Å². The van der Waals surface area contributed by atoms with Crippen molar-refractivity contribution < 1.29 is 12.8 Å². The van der Waals surface area contributed by atoms with Crippen molar-refractivity contribution in [2.24, 2.45) is 11.8 Å². The summed E-state index contributed by atoms with van der Waals surface area (Å²) in [7, 11) is -2.94. The zero-order valence-electron chi connectivity index (χ0n) is 18.8. The Hall–Kier alpha value is -0.360. The van der Waals surface area contributed by atoms with Gasteiger partial charge >= 0.3 is 0 Å². The van der Waals surface area contributed by atoms with E-state index in [2.05, 4.69) is 48.2 Å².